The minimum absolute atomic E-state index is 0.0118. The first kappa shape index (κ1) is 17.4. The Labute approximate surface area is 153 Å². The van der Waals surface area contributed by atoms with Gasteiger partial charge in [-0.25, -0.2) is 4.79 Å². The molecule has 0 radical (unpaired) electrons. The molecule has 1 aliphatic heterocycles. The van der Waals surface area contributed by atoms with Crippen LogP contribution in [0.2, 0.25) is 0 Å². The normalized spacial score (nSPS) is 16.2. The van der Waals surface area contributed by atoms with Crippen LogP contribution in [0.5, 0.6) is 0 Å². The van der Waals surface area contributed by atoms with E-state index >= 15 is 0 Å². The van der Waals surface area contributed by atoms with Crippen molar-refractivity contribution in [1.29, 1.82) is 0 Å². The summed E-state index contributed by atoms with van der Waals surface area (Å²) in [6, 6.07) is 12.4. The number of aryl methyl sites for hydroxylation is 1. The second-order valence-corrected chi connectivity index (χ2v) is 6.84. The molecule has 1 atom stereocenters. The van der Waals surface area contributed by atoms with Crippen molar-refractivity contribution in [3.8, 4) is 0 Å². The van der Waals surface area contributed by atoms with Gasteiger partial charge < -0.3 is 4.74 Å². The number of non-ortho nitro benzene ring substituents is 1. The zero-order valence-corrected chi connectivity index (χ0v) is 15.2. The summed E-state index contributed by atoms with van der Waals surface area (Å²) in [5.74, 6) is 0. The Balaban J connectivity index is 1.87. The van der Waals surface area contributed by atoms with Gasteiger partial charge in [-0.3, -0.25) is 15.0 Å². The monoisotopic (exact) mass is 404 g/mol. The highest BCUT2D eigenvalue weighted by molar-refractivity contribution is 9.10. The highest BCUT2D eigenvalue weighted by atomic mass is 79.9. The molecule has 0 fully saturated rings. The molecular formula is C18H17BrN2O4. The van der Waals surface area contributed by atoms with Crippen LogP contribution in [-0.4, -0.2) is 17.1 Å². The number of halogens is 1. The molecule has 0 bridgehead atoms. The largest absolute Gasteiger partial charge is 0.444 e. The van der Waals surface area contributed by atoms with Gasteiger partial charge in [-0.2, -0.15) is 0 Å². The molecule has 0 N–H and O–H groups in total. The lowest BCUT2D eigenvalue weighted by Crippen LogP contribution is -2.42. The quantitative estimate of drug-likeness (QED) is 0.541. The smallest absolute Gasteiger partial charge is 0.414 e. The zero-order chi connectivity index (χ0) is 18.0. The summed E-state index contributed by atoms with van der Waals surface area (Å²) in [5.41, 5.74) is 2.35. The Morgan fingerprint density at radius 3 is 2.76 bits per heavy atom. The van der Waals surface area contributed by atoms with Gasteiger partial charge in [0.15, 0.2) is 0 Å². The van der Waals surface area contributed by atoms with Crippen LogP contribution in [0.25, 0.3) is 0 Å². The molecule has 2 aromatic carbocycles. The number of hydrogen-bond acceptors (Lipinski definition) is 4. The molecule has 0 saturated heterocycles. The summed E-state index contributed by atoms with van der Waals surface area (Å²) in [6.45, 7) is 2.13. The van der Waals surface area contributed by atoms with Gasteiger partial charge in [0.1, 0.15) is 6.61 Å². The average Bonchev–Trinajstić information content (AvgIpc) is 2.60. The maximum Gasteiger partial charge on any atom is 0.414 e. The number of nitrogens with zero attached hydrogens (tertiary/aromatic N) is 2. The Morgan fingerprint density at radius 2 is 2.08 bits per heavy atom. The van der Waals surface area contributed by atoms with Crippen molar-refractivity contribution >= 4 is 33.4 Å². The van der Waals surface area contributed by atoms with Gasteiger partial charge in [-0.05, 0) is 46.8 Å². The van der Waals surface area contributed by atoms with Gasteiger partial charge in [0.05, 0.1) is 10.6 Å². The predicted molar refractivity (Wildman–Crippen MR) is 97.7 cm³/mol. The average molecular weight is 405 g/mol. The van der Waals surface area contributed by atoms with E-state index in [1.807, 2.05) is 37.3 Å². The molecule has 0 spiro atoms. The minimum atomic E-state index is -0.452. The third-order valence-electron chi connectivity index (χ3n) is 4.25. The van der Waals surface area contributed by atoms with Crippen LogP contribution < -0.4 is 4.90 Å². The number of carbonyl (C=O) groups excluding carboxylic acids is 1. The van der Waals surface area contributed by atoms with Crippen LogP contribution in [-0.2, 0) is 17.8 Å². The summed E-state index contributed by atoms with van der Waals surface area (Å²) in [5, 5.41) is 11.1. The Kier molecular flexibility index (Phi) is 5.03. The Hall–Kier alpha value is -2.41. The van der Waals surface area contributed by atoms with Crippen LogP contribution in [0.15, 0.2) is 46.9 Å². The number of amides is 1. The third kappa shape index (κ3) is 3.66. The number of rotatable bonds is 3. The van der Waals surface area contributed by atoms with Gasteiger partial charge in [-0.1, -0.05) is 30.3 Å². The van der Waals surface area contributed by atoms with E-state index in [1.54, 1.807) is 4.90 Å². The number of nitro groups is 1. The minimum Gasteiger partial charge on any atom is -0.444 e. The second kappa shape index (κ2) is 7.23. The van der Waals surface area contributed by atoms with Crippen molar-refractivity contribution in [2.24, 2.45) is 0 Å². The van der Waals surface area contributed by atoms with Gasteiger partial charge in [0.2, 0.25) is 0 Å². The fourth-order valence-electron chi connectivity index (χ4n) is 2.98. The third-order valence-corrected chi connectivity index (χ3v) is 4.86. The molecule has 25 heavy (non-hydrogen) atoms. The van der Waals surface area contributed by atoms with E-state index in [0.29, 0.717) is 16.6 Å². The van der Waals surface area contributed by atoms with Crippen LogP contribution in [0.1, 0.15) is 24.5 Å². The summed E-state index contributed by atoms with van der Waals surface area (Å²) in [4.78, 5) is 24.9. The molecule has 1 aliphatic rings. The molecule has 7 heteroatoms. The van der Waals surface area contributed by atoms with Gasteiger partial charge in [0, 0.05) is 22.6 Å². The van der Waals surface area contributed by atoms with Crippen LogP contribution in [0.4, 0.5) is 16.2 Å². The van der Waals surface area contributed by atoms with Crippen LogP contribution in [0, 0.1) is 10.1 Å². The van der Waals surface area contributed by atoms with Gasteiger partial charge in [-0.15, -0.1) is 0 Å². The topological polar surface area (TPSA) is 72.7 Å². The van der Waals surface area contributed by atoms with Crippen LogP contribution in [0.3, 0.4) is 0 Å². The molecule has 130 valence electrons. The van der Waals surface area contributed by atoms with E-state index in [9.17, 15) is 14.9 Å². The number of hydrogen-bond donors (Lipinski definition) is 0. The maximum atomic E-state index is 12.7. The lowest BCUT2D eigenvalue weighted by Gasteiger charge is -2.35. The molecule has 1 heterocycles. The van der Waals surface area contributed by atoms with E-state index in [1.165, 1.54) is 12.1 Å². The van der Waals surface area contributed by atoms with E-state index in [2.05, 4.69) is 15.9 Å². The van der Waals surface area contributed by atoms with Crippen LogP contribution >= 0.6 is 15.9 Å². The molecular weight excluding hydrogens is 388 g/mol. The molecule has 0 aliphatic carbocycles. The highest BCUT2D eigenvalue weighted by Crippen LogP contribution is 2.40. The molecule has 2 aromatic rings. The molecule has 1 unspecified atom stereocenters. The summed E-state index contributed by atoms with van der Waals surface area (Å²) < 4.78 is 5.99. The number of carbonyl (C=O) groups is 1. The standard InChI is InChI=1S/C18H17BrN2O4/c1-12-7-8-14-9-15(21(23)24)10-16(19)17(14)20(12)18(22)25-11-13-5-3-2-4-6-13/h2-6,9-10,12H,7-8,11H2,1H3. The fourth-order valence-corrected chi connectivity index (χ4v) is 3.66. The van der Waals surface area contributed by atoms with E-state index in [4.69, 9.17) is 4.74 Å². The first-order valence-corrected chi connectivity index (χ1v) is 8.73. The Morgan fingerprint density at radius 1 is 1.36 bits per heavy atom. The number of nitro benzene ring substituents is 1. The summed E-state index contributed by atoms with van der Waals surface area (Å²) in [6.07, 6.45) is 0.951. The van der Waals surface area contributed by atoms with Crippen molar-refractivity contribution < 1.29 is 14.5 Å². The van der Waals surface area contributed by atoms with E-state index in [-0.39, 0.29) is 18.3 Å². The summed E-state index contributed by atoms with van der Waals surface area (Å²) in [7, 11) is 0. The first-order chi connectivity index (χ1) is 12.0. The zero-order valence-electron chi connectivity index (χ0n) is 13.6. The highest BCUT2D eigenvalue weighted by Gasteiger charge is 2.32. The first-order valence-electron chi connectivity index (χ1n) is 7.94. The van der Waals surface area contributed by atoms with Crippen molar-refractivity contribution in [2.75, 3.05) is 4.90 Å². The Bertz CT molecular complexity index is 810. The molecule has 0 saturated carbocycles. The lowest BCUT2D eigenvalue weighted by molar-refractivity contribution is -0.385. The van der Waals surface area contributed by atoms with Crippen molar-refractivity contribution in [3.05, 3.63) is 68.2 Å². The van der Waals surface area contributed by atoms with Crippen molar-refractivity contribution in [2.45, 2.75) is 32.4 Å². The number of benzene rings is 2. The molecule has 0 aromatic heterocycles. The van der Waals surface area contributed by atoms with Gasteiger partial charge in [0.25, 0.3) is 5.69 Å². The molecule has 6 nitrogen and oxygen atoms in total. The molecule has 1 amide bonds. The van der Waals surface area contributed by atoms with Crippen molar-refractivity contribution in [3.63, 3.8) is 0 Å². The maximum absolute atomic E-state index is 12.7. The van der Waals surface area contributed by atoms with E-state index in [0.717, 1.165) is 17.5 Å². The van der Waals surface area contributed by atoms with E-state index < -0.39 is 11.0 Å². The number of anilines is 1. The SMILES string of the molecule is CC1CCc2cc([N+](=O)[O-])cc(Br)c2N1C(=O)OCc1ccccc1. The van der Waals surface area contributed by atoms with Crippen molar-refractivity contribution in [1.82, 2.24) is 0 Å². The fraction of sp³-hybridized carbons (Fsp3) is 0.278. The summed E-state index contributed by atoms with van der Waals surface area (Å²) >= 11 is 3.38. The number of fused-ring (bicyclic) bond motifs is 1. The lowest BCUT2D eigenvalue weighted by atomic mass is 9.96. The van der Waals surface area contributed by atoms with Gasteiger partial charge >= 0.3 is 6.09 Å². The molecule has 3 rings (SSSR count). The second-order valence-electron chi connectivity index (χ2n) is 5.99. The predicted octanol–water partition coefficient (Wildman–Crippen LogP) is 4.84. The number of ether oxygens (including phenoxy) is 1.